The van der Waals surface area contributed by atoms with E-state index in [1.54, 1.807) is 52.8 Å². The van der Waals surface area contributed by atoms with Crippen molar-refractivity contribution in [1.82, 2.24) is 5.32 Å². The van der Waals surface area contributed by atoms with Crippen molar-refractivity contribution in [2.45, 2.75) is 135 Å². The molecule has 4 N–H and O–H groups in total. The van der Waals surface area contributed by atoms with E-state index in [1.165, 1.54) is 44.4 Å². The minimum atomic E-state index is -2.41. The molecule has 1 aliphatic heterocycles. The molecule has 17 heteroatoms. The maximum Gasteiger partial charge on any atom is 0.408 e. The van der Waals surface area contributed by atoms with Gasteiger partial charge in [0.1, 0.15) is 41.3 Å². The molecule has 1 aromatic heterocycles. The van der Waals surface area contributed by atoms with E-state index in [9.17, 15) is 39.3 Å². The van der Waals surface area contributed by atoms with Gasteiger partial charge in [-0.25, -0.2) is 14.4 Å². The van der Waals surface area contributed by atoms with E-state index in [1.807, 2.05) is 0 Å². The molecule has 1 saturated heterocycles. The monoisotopic (exact) mass is 839 g/mol. The molecule has 2 bridgehead atoms. The van der Waals surface area contributed by atoms with Crippen LogP contribution in [0.25, 0.3) is 0 Å². The van der Waals surface area contributed by atoms with Crippen molar-refractivity contribution in [3.8, 4) is 0 Å². The molecule has 3 aliphatic carbocycles. The molecule has 2 aromatic rings. The molecule has 11 atom stereocenters. The quantitative estimate of drug-likeness (QED) is 0.161. The molecule has 6 rings (SSSR count). The largest absolute Gasteiger partial charge is 0.467 e. The lowest BCUT2D eigenvalue weighted by Gasteiger charge is -2.67. The predicted molar refractivity (Wildman–Crippen MR) is 205 cm³/mol. The topological polar surface area (TPSA) is 244 Å². The Balaban J connectivity index is 1.54. The van der Waals surface area contributed by atoms with Gasteiger partial charge in [-0.2, -0.15) is 0 Å². The molecule has 326 valence electrons. The van der Waals surface area contributed by atoms with Gasteiger partial charge in [-0.15, -0.1) is 0 Å². The molecule has 0 radical (unpaired) electrons. The summed E-state index contributed by atoms with van der Waals surface area (Å²) in [5.74, 6) is -6.44. The Labute approximate surface area is 346 Å². The Bertz CT molecular complexity index is 2050. The fourth-order valence-electron chi connectivity index (χ4n) is 9.57. The van der Waals surface area contributed by atoms with Crippen molar-refractivity contribution in [3.05, 3.63) is 71.2 Å². The number of carbonyl (C=O) groups is 6. The lowest BCUT2D eigenvalue weighted by Crippen LogP contribution is -2.82. The first-order chi connectivity index (χ1) is 27.9. The summed E-state index contributed by atoms with van der Waals surface area (Å²) in [5, 5.41) is 39.6. The van der Waals surface area contributed by atoms with E-state index >= 15 is 4.79 Å². The first-order valence-corrected chi connectivity index (χ1v) is 19.7. The van der Waals surface area contributed by atoms with Crippen LogP contribution < -0.4 is 5.32 Å². The van der Waals surface area contributed by atoms with Gasteiger partial charge in [0.25, 0.3) is 0 Å². The van der Waals surface area contributed by atoms with E-state index in [4.69, 9.17) is 32.8 Å². The fraction of sp³-hybridized carbons (Fsp3) is 0.581. The standard InChI is InChI=1S/C43H53NO16/c1-21-26(57-37(51)31(48)30(25-16-13-17-54-25)44-38(52)60-39(4,5)6)19-43(53)35(58-36(50)24-14-11-10-12-15-24)33-41(9,27(47)18-28-42(33,20-55-28)59-23(3)46)34(49)32(56-22(2)45)29(21)40(43,7)8/h10-17,26-28,30-33,35,47-48,53H,18-20H2,1-9H3,(H,44,52)/t26-,27-,28+,30-,31+,32+,33-,35-,41+,42-,43+/m0/s1. The van der Waals surface area contributed by atoms with Gasteiger partial charge in [-0.3, -0.25) is 14.4 Å². The number of aliphatic hydroxyl groups excluding tert-OH is 2. The third-order valence-electron chi connectivity index (χ3n) is 12.5. The number of hydrogen-bond donors (Lipinski definition) is 4. The molecule has 60 heavy (non-hydrogen) atoms. The Kier molecular flexibility index (Phi) is 11.7. The number of rotatable bonds is 9. The van der Waals surface area contributed by atoms with E-state index in [2.05, 4.69) is 5.32 Å². The van der Waals surface area contributed by atoms with Crippen LogP contribution >= 0.6 is 0 Å². The second-order valence-electron chi connectivity index (χ2n) is 17.8. The summed E-state index contributed by atoms with van der Waals surface area (Å²) in [6.07, 6.45) is -10.5. The molecule has 4 aliphatic rings. The Morgan fingerprint density at radius 3 is 2.17 bits per heavy atom. The average molecular weight is 840 g/mol. The van der Waals surface area contributed by atoms with Crippen LogP contribution in [-0.4, -0.2) is 111 Å². The van der Waals surface area contributed by atoms with Crippen LogP contribution in [0.3, 0.4) is 0 Å². The van der Waals surface area contributed by atoms with Crippen LogP contribution in [0.2, 0.25) is 0 Å². The maximum absolute atomic E-state index is 15.4. The lowest BCUT2D eigenvalue weighted by atomic mass is 9.44. The average Bonchev–Trinajstić information content (AvgIpc) is 3.69. The van der Waals surface area contributed by atoms with Crippen molar-refractivity contribution in [2.75, 3.05) is 6.61 Å². The number of carbonyl (C=O) groups excluding carboxylic acids is 6. The number of esters is 4. The fourth-order valence-corrected chi connectivity index (χ4v) is 9.57. The first-order valence-electron chi connectivity index (χ1n) is 19.7. The number of nitrogens with one attached hydrogen (secondary N) is 1. The van der Waals surface area contributed by atoms with E-state index in [0.717, 1.165) is 13.8 Å². The summed E-state index contributed by atoms with van der Waals surface area (Å²) in [6, 6.07) is 9.12. The summed E-state index contributed by atoms with van der Waals surface area (Å²) in [7, 11) is 0. The molecule has 0 spiro atoms. The number of benzene rings is 1. The summed E-state index contributed by atoms with van der Waals surface area (Å²) in [5.41, 5.74) is -8.72. The molecule has 1 amide bonds. The minimum absolute atomic E-state index is 0.0284. The molecule has 2 heterocycles. The van der Waals surface area contributed by atoms with Crippen molar-refractivity contribution in [3.63, 3.8) is 0 Å². The summed E-state index contributed by atoms with van der Waals surface area (Å²) in [4.78, 5) is 82.5. The van der Waals surface area contributed by atoms with Gasteiger partial charge in [-0.1, -0.05) is 32.0 Å². The number of amides is 1. The van der Waals surface area contributed by atoms with Gasteiger partial charge in [0.2, 0.25) is 0 Å². The zero-order chi connectivity index (χ0) is 44.3. The highest BCUT2D eigenvalue weighted by Gasteiger charge is 2.78. The van der Waals surface area contributed by atoms with Crippen molar-refractivity contribution < 1.29 is 76.9 Å². The summed E-state index contributed by atoms with van der Waals surface area (Å²) in [6.45, 7) is 12.7. The van der Waals surface area contributed by atoms with Crippen LogP contribution in [0.1, 0.15) is 97.3 Å². The molecule has 17 nitrogen and oxygen atoms in total. The zero-order valence-electron chi connectivity index (χ0n) is 35.0. The zero-order valence-corrected chi connectivity index (χ0v) is 35.0. The number of alkyl carbamates (subject to hydrolysis) is 1. The van der Waals surface area contributed by atoms with Gasteiger partial charge >= 0.3 is 30.0 Å². The predicted octanol–water partition coefficient (Wildman–Crippen LogP) is 3.42. The van der Waals surface area contributed by atoms with Crippen molar-refractivity contribution in [1.29, 1.82) is 0 Å². The SMILES string of the molecule is CC(=O)O[C@H]1C(=O)[C@@]2(C)[C@H]([C@H](OC(=O)c3ccccc3)[C@]3(O)C[C@H](OC(=O)[C@H](O)[C@@H](NC(=O)OC(C)(C)C)c4ccco4)C(C)=C1C3(C)C)[C@]1(OC(C)=O)CO[C@@H]1C[C@@H]2O. The maximum atomic E-state index is 15.4. The van der Waals surface area contributed by atoms with Crippen LogP contribution in [0.5, 0.6) is 0 Å². The minimum Gasteiger partial charge on any atom is -0.467 e. The third-order valence-corrected chi connectivity index (χ3v) is 12.5. The number of fused-ring (bicyclic) bond motifs is 5. The first kappa shape index (κ1) is 44.5. The summed E-state index contributed by atoms with van der Waals surface area (Å²) < 4.78 is 40.8. The van der Waals surface area contributed by atoms with Gasteiger partial charge < -0.3 is 53.5 Å². The van der Waals surface area contributed by atoms with Crippen molar-refractivity contribution >= 4 is 35.8 Å². The van der Waals surface area contributed by atoms with Crippen LogP contribution in [0.4, 0.5) is 4.79 Å². The third kappa shape index (κ3) is 7.49. The molecule has 3 fully saturated rings. The molecular formula is C43H53NO16. The molecule has 0 unspecified atom stereocenters. The van der Waals surface area contributed by atoms with Crippen molar-refractivity contribution in [2.24, 2.45) is 16.7 Å². The van der Waals surface area contributed by atoms with E-state index in [-0.39, 0.29) is 35.5 Å². The smallest absolute Gasteiger partial charge is 0.408 e. The highest BCUT2D eigenvalue weighted by atomic mass is 16.6. The van der Waals surface area contributed by atoms with E-state index in [0.29, 0.717) is 0 Å². The molecule has 2 saturated carbocycles. The highest BCUT2D eigenvalue weighted by Crippen LogP contribution is 2.64. The van der Waals surface area contributed by atoms with Gasteiger partial charge in [0, 0.05) is 32.1 Å². The van der Waals surface area contributed by atoms with E-state index < -0.39 is 118 Å². The number of Topliss-reactive ketones (excluding diaryl/α,β-unsaturated/α-hetero) is 1. The van der Waals surface area contributed by atoms with Gasteiger partial charge in [0.05, 0.1) is 35.9 Å². The number of aliphatic hydroxyl groups is 3. The normalized spacial score (nSPS) is 32.9. The number of ether oxygens (including phenoxy) is 6. The Morgan fingerprint density at radius 2 is 1.62 bits per heavy atom. The number of ketones is 1. The molecule has 1 aromatic carbocycles. The second kappa shape index (κ2) is 15.7. The Hall–Kier alpha value is -5.10. The van der Waals surface area contributed by atoms with Crippen LogP contribution in [-0.2, 0) is 47.6 Å². The second-order valence-corrected chi connectivity index (χ2v) is 17.8. The summed E-state index contributed by atoms with van der Waals surface area (Å²) >= 11 is 0. The van der Waals surface area contributed by atoms with Crippen LogP contribution in [0.15, 0.2) is 64.3 Å². The van der Waals surface area contributed by atoms with Crippen LogP contribution in [0, 0.1) is 16.7 Å². The Morgan fingerprint density at radius 1 is 0.950 bits per heavy atom. The number of hydrogen-bond acceptors (Lipinski definition) is 16. The van der Waals surface area contributed by atoms with Gasteiger partial charge in [-0.05, 0) is 70.0 Å². The highest BCUT2D eigenvalue weighted by molar-refractivity contribution is 5.95. The van der Waals surface area contributed by atoms with Gasteiger partial charge in [0.15, 0.2) is 23.6 Å². The number of furan rings is 1. The lowest BCUT2D eigenvalue weighted by molar-refractivity contribution is -0.346. The molecular weight excluding hydrogens is 786 g/mol.